The van der Waals surface area contributed by atoms with Gasteiger partial charge in [0.05, 0.1) is 5.56 Å². The Morgan fingerprint density at radius 3 is 2.94 bits per heavy atom. The van der Waals surface area contributed by atoms with Gasteiger partial charge < -0.3 is 5.11 Å². The molecule has 0 radical (unpaired) electrons. The van der Waals surface area contributed by atoms with Crippen LogP contribution in [-0.4, -0.2) is 11.1 Å². The van der Waals surface area contributed by atoms with Gasteiger partial charge in [-0.1, -0.05) is 0 Å². The molecular formula is C11H10O2S3. The Labute approximate surface area is 106 Å². The Bertz CT molecular complexity index is 499. The quantitative estimate of drug-likeness (QED) is 0.850. The first-order valence-electron chi connectivity index (χ1n) is 4.63. The van der Waals surface area contributed by atoms with E-state index in [2.05, 4.69) is 18.4 Å². The van der Waals surface area contributed by atoms with Crippen molar-refractivity contribution in [2.24, 2.45) is 0 Å². The van der Waals surface area contributed by atoms with Crippen LogP contribution in [0.25, 0.3) is 0 Å². The van der Waals surface area contributed by atoms with Crippen molar-refractivity contribution in [1.82, 2.24) is 0 Å². The average molecular weight is 270 g/mol. The van der Waals surface area contributed by atoms with Gasteiger partial charge in [-0.05, 0) is 29.3 Å². The molecular weight excluding hydrogens is 260 g/mol. The van der Waals surface area contributed by atoms with E-state index in [-0.39, 0.29) is 0 Å². The minimum atomic E-state index is -0.834. The lowest BCUT2D eigenvalue weighted by atomic mass is 10.2. The van der Waals surface area contributed by atoms with Gasteiger partial charge >= 0.3 is 5.97 Å². The summed E-state index contributed by atoms with van der Waals surface area (Å²) >= 11 is 4.86. The van der Waals surface area contributed by atoms with Gasteiger partial charge in [-0.25, -0.2) is 4.79 Å². The Hall–Kier alpha value is -0.780. The van der Waals surface area contributed by atoms with E-state index in [1.807, 2.05) is 5.38 Å². The normalized spacial score (nSPS) is 10.6. The Balaban J connectivity index is 2.08. The fourth-order valence-corrected chi connectivity index (χ4v) is 4.15. The lowest BCUT2D eigenvalue weighted by molar-refractivity contribution is 0.0696. The highest BCUT2D eigenvalue weighted by molar-refractivity contribution is 7.98. The molecule has 0 aromatic carbocycles. The highest BCUT2D eigenvalue weighted by Crippen LogP contribution is 2.31. The van der Waals surface area contributed by atoms with Crippen LogP contribution in [0.5, 0.6) is 0 Å². The standard InChI is InChI=1S/C11H10O2S3/c1-7-10(2-3-15-7)16-5-8-4-14-6-9(8)11(12)13/h2-4,6H,5H2,1H3,(H,12,13). The lowest BCUT2D eigenvalue weighted by Gasteiger charge is -2.00. The van der Waals surface area contributed by atoms with Crippen LogP contribution in [0.3, 0.4) is 0 Å². The molecule has 0 amide bonds. The maximum absolute atomic E-state index is 10.9. The third kappa shape index (κ3) is 2.48. The second kappa shape index (κ2) is 5.03. The third-order valence-electron chi connectivity index (χ3n) is 2.17. The Kier molecular flexibility index (Phi) is 3.68. The number of carbonyl (C=O) groups is 1. The predicted molar refractivity (Wildman–Crippen MR) is 69.9 cm³/mol. The molecule has 0 unspecified atom stereocenters. The summed E-state index contributed by atoms with van der Waals surface area (Å²) in [5, 5.41) is 14.6. The Morgan fingerprint density at radius 2 is 2.31 bits per heavy atom. The largest absolute Gasteiger partial charge is 0.478 e. The molecule has 2 heterocycles. The van der Waals surface area contributed by atoms with E-state index in [4.69, 9.17) is 5.11 Å². The van der Waals surface area contributed by atoms with Gasteiger partial charge in [0.15, 0.2) is 0 Å². The lowest BCUT2D eigenvalue weighted by Crippen LogP contribution is -1.97. The van der Waals surface area contributed by atoms with E-state index in [9.17, 15) is 4.79 Å². The average Bonchev–Trinajstić information content (AvgIpc) is 2.83. The number of carboxylic acids is 1. The summed E-state index contributed by atoms with van der Waals surface area (Å²) in [6.07, 6.45) is 0. The van der Waals surface area contributed by atoms with E-state index in [1.165, 1.54) is 21.1 Å². The highest BCUT2D eigenvalue weighted by atomic mass is 32.2. The molecule has 0 atom stereocenters. The monoisotopic (exact) mass is 270 g/mol. The summed E-state index contributed by atoms with van der Waals surface area (Å²) in [5.74, 6) is -0.109. The third-order valence-corrected chi connectivity index (χ3v) is 5.14. The fourth-order valence-electron chi connectivity index (χ4n) is 1.30. The predicted octanol–water partition coefficient (Wildman–Crippen LogP) is 4.11. The summed E-state index contributed by atoms with van der Waals surface area (Å²) in [6.45, 7) is 2.08. The van der Waals surface area contributed by atoms with E-state index < -0.39 is 5.97 Å². The molecule has 2 aromatic rings. The smallest absolute Gasteiger partial charge is 0.336 e. The topological polar surface area (TPSA) is 37.3 Å². The van der Waals surface area contributed by atoms with Crippen molar-refractivity contribution >= 4 is 40.4 Å². The maximum atomic E-state index is 10.9. The molecule has 0 aliphatic carbocycles. The van der Waals surface area contributed by atoms with Crippen LogP contribution in [0.2, 0.25) is 0 Å². The summed E-state index contributed by atoms with van der Waals surface area (Å²) < 4.78 is 0. The van der Waals surface area contributed by atoms with Crippen LogP contribution in [0.1, 0.15) is 20.8 Å². The molecule has 2 aromatic heterocycles. The first-order valence-corrected chi connectivity index (χ1v) is 7.44. The zero-order valence-electron chi connectivity index (χ0n) is 8.60. The van der Waals surface area contributed by atoms with Crippen molar-refractivity contribution in [2.75, 3.05) is 0 Å². The molecule has 0 aliphatic rings. The minimum Gasteiger partial charge on any atom is -0.478 e. The molecule has 2 rings (SSSR count). The van der Waals surface area contributed by atoms with Crippen LogP contribution in [0.15, 0.2) is 27.1 Å². The van der Waals surface area contributed by atoms with Gasteiger partial charge in [0.25, 0.3) is 0 Å². The molecule has 1 N–H and O–H groups in total. The van der Waals surface area contributed by atoms with Gasteiger partial charge in [0.2, 0.25) is 0 Å². The molecule has 5 heteroatoms. The van der Waals surface area contributed by atoms with Gasteiger partial charge in [-0.3, -0.25) is 0 Å². The highest BCUT2D eigenvalue weighted by Gasteiger charge is 2.11. The summed E-state index contributed by atoms with van der Waals surface area (Å²) in [7, 11) is 0. The number of aryl methyl sites for hydroxylation is 1. The molecule has 2 nitrogen and oxygen atoms in total. The van der Waals surface area contributed by atoms with Crippen LogP contribution >= 0.6 is 34.4 Å². The summed E-state index contributed by atoms with van der Waals surface area (Å²) in [5.41, 5.74) is 1.35. The van der Waals surface area contributed by atoms with Crippen LogP contribution in [0.4, 0.5) is 0 Å². The van der Waals surface area contributed by atoms with Crippen LogP contribution < -0.4 is 0 Å². The van der Waals surface area contributed by atoms with Crippen molar-refractivity contribution in [3.05, 3.63) is 38.2 Å². The molecule has 0 saturated carbocycles. The van der Waals surface area contributed by atoms with E-state index in [0.717, 1.165) is 11.3 Å². The number of aromatic carboxylic acids is 1. The SMILES string of the molecule is Cc1sccc1SCc1cscc1C(=O)O. The zero-order chi connectivity index (χ0) is 11.5. The van der Waals surface area contributed by atoms with Crippen LogP contribution in [-0.2, 0) is 5.75 Å². The first kappa shape index (κ1) is 11.7. The summed E-state index contributed by atoms with van der Waals surface area (Å²) in [6, 6.07) is 2.08. The first-order chi connectivity index (χ1) is 7.68. The van der Waals surface area contributed by atoms with Gasteiger partial charge in [0.1, 0.15) is 0 Å². The number of hydrogen-bond donors (Lipinski definition) is 1. The molecule has 16 heavy (non-hydrogen) atoms. The second-order valence-corrected chi connectivity index (χ2v) is 6.13. The number of carboxylic acid groups (broad SMARTS) is 1. The van der Waals surface area contributed by atoms with Crippen molar-refractivity contribution in [3.63, 3.8) is 0 Å². The zero-order valence-corrected chi connectivity index (χ0v) is 11.0. The van der Waals surface area contributed by atoms with Gasteiger partial charge in [-0.15, -0.1) is 23.1 Å². The van der Waals surface area contributed by atoms with Crippen molar-refractivity contribution in [3.8, 4) is 0 Å². The number of hydrogen-bond acceptors (Lipinski definition) is 4. The molecule has 0 spiro atoms. The number of rotatable bonds is 4. The summed E-state index contributed by atoms with van der Waals surface area (Å²) in [4.78, 5) is 13.4. The fraction of sp³-hybridized carbons (Fsp3) is 0.182. The van der Waals surface area contributed by atoms with E-state index in [1.54, 1.807) is 28.5 Å². The number of thioether (sulfide) groups is 1. The van der Waals surface area contributed by atoms with Gasteiger partial charge in [0, 0.05) is 20.9 Å². The second-order valence-electron chi connectivity index (χ2n) is 3.25. The molecule has 0 aliphatic heterocycles. The number of thiophene rings is 2. The van der Waals surface area contributed by atoms with Crippen molar-refractivity contribution in [2.45, 2.75) is 17.6 Å². The van der Waals surface area contributed by atoms with E-state index in [0.29, 0.717) is 5.56 Å². The molecule has 0 saturated heterocycles. The van der Waals surface area contributed by atoms with Crippen molar-refractivity contribution in [1.29, 1.82) is 0 Å². The molecule has 0 fully saturated rings. The molecule has 84 valence electrons. The Morgan fingerprint density at radius 1 is 1.50 bits per heavy atom. The molecule has 0 bridgehead atoms. The van der Waals surface area contributed by atoms with Gasteiger partial charge in [-0.2, -0.15) is 11.3 Å². The maximum Gasteiger partial charge on any atom is 0.336 e. The van der Waals surface area contributed by atoms with Crippen LogP contribution in [0, 0.1) is 6.92 Å². The minimum absolute atomic E-state index is 0.436. The van der Waals surface area contributed by atoms with Crippen molar-refractivity contribution < 1.29 is 9.90 Å². The van der Waals surface area contributed by atoms with E-state index >= 15 is 0 Å².